The highest BCUT2D eigenvalue weighted by atomic mass is 15.3. The van der Waals surface area contributed by atoms with Gasteiger partial charge in [-0.2, -0.15) is 5.10 Å². The van der Waals surface area contributed by atoms with Crippen molar-refractivity contribution in [1.82, 2.24) is 15.1 Å². The molecule has 0 saturated heterocycles. The molecule has 18 heavy (non-hydrogen) atoms. The Labute approximate surface area is 111 Å². The predicted octanol–water partition coefficient (Wildman–Crippen LogP) is 3.08. The van der Waals surface area contributed by atoms with Crippen LogP contribution in [0.3, 0.4) is 0 Å². The predicted molar refractivity (Wildman–Crippen MR) is 75.7 cm³/mol. The Morgan fingerprint density at radius 2 is 2.06 bits per heavy atom. The SMILES string of the molecule is Cn1nccc1C1CCCCC1CNC(C)(C)C. The molecule has 0 amide bonds. The average molecular weight is 249 g/mol. The van der Waals surface area contributed by atoms with Crippen LogP contribution in [0.5, 0.6) is 0 Å². The minimum Gasteiger partial charge on any atom is -0.312 e. The van der Waals surface area contributed by atoms with Gasteiger partial charge in [-0.05, 0) is 52.1 Å². The molecule has 1 saturated carbocycles. The van der Waals surface area contributed by atoms with Crippen molar-refractivity contribution >= 4 is 0 Å². The van der Waals surface area contributed by atoms with Crippen LogP contribution in [-0.4, -0.2) is 21.9 Å². The summed E-state index contributed by atoms with van der Waals surface area (Å²) in [5.74, 6) is 1.44. The summed E-state index contributed by atoms with van der Waals surface area (Å²) in [5.41, 5.74) is 1.63. The van der Waals surface area contributed by atoms with E-state index in [1.165, 1.54) is 31.4 Å². The van der Waals surface area contributed by atoms with E-state index in [9.17, 15) is 0 Å². The molecule has 2 atom stereocenters. The minimum atomic E-state index is 0.217. The molecule has 1 heterocycles. The highest BCUT2D eigenvalue weighted by Crippen LogP contribution is 2.37. The zero-order valence-electron chi connectivity index (χ0n) is 12.2. The van der Waals surface area contributed by atoms with Crippen LogP contribution in [-0.2, 0) is 7.05 Å². The van der Waals surface area contributed by atoms with Crippen LogP contribution in [0.2, 0.25) is 0 Å². The lowest BCUT2D eigenvalue weighted by molar-refractivity contribution is 0.262. The zero-order chi connectivity index (χ0) is 13.2. The first-order chi connectivity index (χ1) is 8.47. The third kappa shape index (κ3) is 3.35. The Morgan fingerprint density at radius 1 is 1.33 bits per heavy atom. The lowest BCUT2D eigenvalue weighted by atomic mass is 9.77. The van der Waals surface area contributed by atoms with Crippen molar-refractivity contribution in [3.05, 3.63) is 18.0 Å². The van der Waals surface area contributed by atoms with E-state index in [0.717, 1.165) is 12.5 Å². The second-order valence-corrected chi connectivity index (χ2v) is 6.66. The fraction of sp³-hybridized carbons (Fsp3) is 0.800. The fourth-order valence-electron chi connectivity index (χ4n) is 3.03. The van der Waals surface area contributed by atoms with Crippen molar-refractivity contribution in [3.63, 3.8) is 0 Å². The molecule has 0 aliphatic heterocycles. The van der Waals surface area contributed by atoms with E-state index in [-0.39, 0.29) is 5.54 Å². The van der Waals surface area contributed by atoms with Crippen LogP contribution in [0.15, 0.2) is 12.3 Å². The number of aromatic nitrogens is 2. The van der Waals surface area contributed by atoms with Crippen molar-refractivity contribution in [2.24, 2.45) is 13.0 Å². The fourth-order valence-corrected chi connectivity index (χ4v) is 3.03. The third-order valence-electron chi connectivity index (χ3n) is 4.04. The Kier molecular flexibility index (Phi) is 4.10. The topological polar surface area (TPSA) is 29.9 Å². The molecule has 2 unspecified atom stereocenters. The van der Waals surface area contributed by atoms with E-state index in [4.69, 9.17) is 0 Å². The van der Waals surface area contributed by atoms with Gasteiger partial charge in [0.05, 0.1) is 0 Å². The zero-order valence-corrected chi connectivity index (χ0v) is 12.2. The largest absolute Gasteiger partial charge is 0.312 e. The highest BCUT2D eigenvalue weighted by molar-refractivity contribution is 5.10. The summed E-state index contributed by atoms with van der Waals surface area (Å²) < 4.78 is 2.06. The van der Waals surface area contributed by atoms with Gasteiger partial charge in [0, 0.05) is 30.4 Å². The molecule has 3 heteroatoms. The summed E-state index contributed by atoms with van der Waals surface area (Å²) in [6.45, 7) is 7.86. The second kappa shape index (κ2) is 5.43. The molecule has 0 aromatic carbocycles. The maximum Gasteiger partial charge on any atom is 0.0492 e. The van der Waals surface area contributed by atoms with Crippen LogP contribution in [0.4, 0.5) is 0 Å². The first-order valence-electron chi connectivity index (χ1n) is 7.20. The summed E-state index contributed by atoms with van der Waals surface area (Å²) in [4.78, 5) is 0. The van der Waals surface area contributed by atoms with Gasteiger partial charge in [-0.15, -0.1) is 0 Å². The Hall–Kier alpha value is -0.830. The molecule has 3 nitrogen and oxygen atoms in total. The summed E-state index contributed by atoms with van der Waals surface area (Å²) in [7, 11) is 2.07. The van der Waals surface area contributed by atoms with Gasteiger partial charge in [-0.25, -0.2) is 0 Å². The third-order valence-corrected chi connectivity index (χ3v) is 4.04. The summed E-state index contributed by atoms with van der Waals surface area (Å²) in [6, 6.07) is 2.19. The molecule has 0 radical (unpaired) electrons. The van der Waals surface area contributed by atoms with Gasteiger partial charge < -0.3 is 5.32 Å². The number of hydrogen-bond acceptors (Lipinski definition) is 2. The molecule has 1 N–H and O–H groups in total. The Balaban J connectivity index is 2.05. The van der Waals surface area contributed by atoms with Crippen LogP contribution >= 0.6 is 0 Å². The van der Waals surface area contributed by atoms with Gasteiger partial charge >= 0.3 is 0 Å². The highest BCUT2D eigenvalue weighted by Gasteiger charge is 2.29. The average Bonchev–Trinajstić information content (AvgIpc) is 2.72. The van der Waals surface area contributed by atoms with Gasteiger partial charge in [0.2, 0.25) is 0 Å². The molecule has 0 spiro atoms. The van der Waals surface area contributed by atoms with Gasteiger partial charge in [-0.3, -0.25) is 4.68 Å². The summed E-state index contributed by atoms with van der Waals surface area (Å²) in [6.07, 6.45) is 7.33. The van der Waals surface area contributed by atoms with Crippen molar-refractivity contribution in [3.8, 4) is 0 Å². The molecule has 2 rings (SSSR count). The van der Waals surface area contributed by atoms with Gasteiger partial charge in [0.25, 0.3) is 0 Å². The number of nitrogens with one attached hydrogen (secondary N) is 1. The monoisotopic (exact) mass is 249 g/mol. The quantitative estimate of drug-likeness (QED) is 0.892. The van der Waals surface area contributed by atoms with E-state index in [1.54, 1.807) is 0 Å². The van der Waals surface area contributed by atoms with E-state index >= 15 is 0 Å². The van der Waals surface area contributed by atoms with Gasteiger partial charge in [0.15, 0.2) is 0 Å². The number of rotatable bonds is 3. The van der Waals surface area contributed by atoms with Crippen LogP contribution < -0.4 is 5.32 Å². The van der Waals surface area contributed by atoms with Gasteiger partial charge in [-0.1, -0.05) is 12.8 Å². The molecule has 1 aliphatic rings. The molecule has 1 fully saturated rings. The van der Waals surface area contributed by atoms with E-state index in [1.807, 2.05) is 6.20 Å². The number of aryl methyl sites for hydroxylation is 1. The molecular weight excluding hydrogens is 222 g/mol. The summed E-state index contributed by atoms with van der Waals surface area (Å²) >= 11 is 0. The first-order valence-corrected chi connectivity index (χ1v) is 7.20. The maximum absolute atomic E-state index is 4.33. The van der Waals surface area contributed by atoms with Crippen LogP contribution in [0, 0.1) is 5.92 Å². The Morgan fingerprint density at radius 3 is 2.67 bits per heavy atom. The second-order valence-electron chi connectivity index (χ2n) is 6.66. The van der Waals surface area contributed by atoms with Crippen LogP contribution in [0.25, 0.3) is 0 Å². The van der Waals surface area contributed by atoms with Crippen molar-refractivity contribution in [1.29, 1.82) is 0 Å². The van der Waals surface area contributed by atoms with Crippen molar-refractivity contribution in [2.45, 2.75) is 57.9 Å². The molecule has 102 valence electrons. The molecule has 1 aromatic rings. The van der Waals surface area contributed by atoms with Crippen molar-refractivity contribution in [2.75, 3.05) is 6.54 Å². The van der Waals surface area contributed by atoms with E-state index in [0.29, 0.717) is 5.92 Å². The van der Waals surface area contributed by atoms with E-state index < -0.39 is 0 Å². The number of nitrogens with zero attached hydrogens (tertiary/aromatic N) is 2. The maximum atomic E-state index is 4.33. The first kappa shape index (κ1) is 13.6. The number of hydrogen-bond donors (Lipinski definition) is 1. The lowest BCUT2D eigenvalue weighted by Crippen LogP contribution is -2.41. The molecule has 1 aromatic heterocycles. The smallest absolute Gasteiger partial charge is 0.0492 e. The Bertz CT molecular complexity index is 375. The normalized spacial score (nSPS) is 25.3. The summed E-state index contributed by atoms with van der Waals surface area (Å²) in [5, 5.41) is 8.00. The van der Waals surface area contributed by atoms with Gasteiger partial charge in [0.1, 0.15) is 0 Å². The molecular formula is C15H27N3. The van der Waals surface area contributed by atoms with E-state index in [2.05, 4.69) is 49.0 Å². The molecule has 0 bridgehead atoms. The standard InChI is InChI=1S/C15H27N3/c1-15(2,3)16-11-12-7-5-6-8-13(12)14-9-10-17-18(14)4/h9-10,12-13,16H,5-8,11H2,1-4H3. The minimum absolute atomic E-state index is 0.217. The van der Waals surface area contributed by atoms with Crippen molar-refractivity contribution < 1.29 is 0 Å². The lowest BCUT2D eigenvalue weighted by Gasteiger charge is -2.34. The molecule has 1 aliphatic carbocycles. The van der Waals surface area contributed by atoms with Crippen LogP contribution in [0.1, 0.15) is 58.1 Å².